The molecule has 1 aliphatic carbocycles. The van der Waals surface area contributed by atoms with E-state index in [4.69, 9.17) is 13.9 Å². The summed E-state index contributed by atoms with van der Waals surface area (Å²) >= 11 is 1.87. The summed E-state index contributed by atoms with van der Waals surface area (Å²) in [7, 11) is 1.53. The second kappa shape index (κ2) is 10.8. The Morgan fingerprint density at radius 1 is 1.09 bits per heavy atom. The van der Waals surface area contributed by atoms with Gasteiger partial charge in [0.15, 0.2) is 6.10 Å². The Morgan fingerprint density at radius 3 is 2.61 bits per heavy atom. The molecule has 174 valence electrons. The zero-order chi connectivity index (χ0) is 23.2. The predicted molar refractivity (Wildman–Crippen MR) is 131 cm³/mol. The van der Waals surface area contributed by atoms with E-state index in [9.17, 15) is 9.59 Å². The molecule has 0 aliphatic heterocycles. The maximum Gasteiger partial charge on any atom is 0.375 e. The number of rotatable bonds is 8. The van der Waals surface area contributed by atoms with Crippen LogP contribution in [0.2, 0.25) is 0 Å². The molecule has 1 heterocycles. The summed E-state index contributed by atoms with van der Waals surface area (Å²) in [4.78, 5) is 25.7. The molecule has 0 bridgehead atoms. The lowest BCUT2D eigenvalue weighted by Gasteiger charge is -2.21. The first-order chi connectivity index (χ1) is 16.1. The van der Waals surface area contributed by atoms with Gasteiger partial charge in [-0.1, -0.05) is 49.6 Å². The number of nitrogens with one attached hydrogen (secondary N) is 1. The normalized spacial score (nSPS) is 15.2. The second-order valence-electron chi connectivity index (χ2n) is 8.21. The minimum Gasteiger partial charge on any atom is -0.495 e. The van der Waals surface area contributed by atoms with E-state index in [2.05, 4.69) is 5.32 Å². The molecule has 1 fully saturated rings. The molecular formula is C26H29NO5S. The number of benzene rings is 2. The minimum absolute atomic E-state index is 0.177. The minimum atomic E-state index is -1.01. The number of ether oxygens (including phenoxy) is 2. The predicted octanol–water partition coefficient (Wildman–Crippen LogP) is 6.19. The average Bonchev–Trinajstić information content (AvgIpc) is 3.22. The van der Waals surface area contributed by atoms with Crippen LogP contribution in [0, 0.1) is 0 Å². The quantitative estimate of drug-likeness (QED) is 0.398. The lowest BCUT2D eigenvalue weighted by Crippen LogP contribution is -2.30. The van der Waals surface area contributed by atoms with Crippen molar-refractivity contribution >= 4 is 40.3 Å². The molecule has 0 radical (unpaired) electrons. The number of amides is 1. The van der Waals surface area contributed by atoms with Crippen molar-refractivity contribution in [2.45, 2.75) is 56.1 Å². The molecule has 3 aromatic rings. The first-order valence-corrected chi connectivity index (χ1v) is 12.4. The van der Waals surface area contributed by atoms with Crippen LogP contribution in [-0.4, -0.2) is 30.3 Å². The van der Waals surface area contributed by atoms with E-state index in [1.807, 2.05) is 42.1 Å². The van der Waals surface area contributed by atoms with Crippen molar-refractivity contribution in [2.24, 2.45) is 0 Å². The van der Waals surface area contributed by atoms with Crippen LogP contribution in [-0.2, 0) is 15.3 Å². The number of hydrogen-bond acceptors (Lipinski definition) is 6. The number of carbonyl (C=O) groups is 2. The third-order valence-electron chi connectivity index (χ3n) is 5.92. The monoisotopic (exact) mass is 467 g/mol. The number of methoxy groups -OCH3 is 1. The van der Waals surface area contributed by atoms with Crippen LogP contribution in [0.5, 0.6) is 5.75 Å². The smallest absolute Gasteiger partial charge is 0.375 e. The molecule has 1 aromatic heterocycles. The topological polar surface area (TPSA) is 77.8 Å². The number of esters is 1. The number of carbonyl (C=O) groups excluding carboxylic acids is 2. The van der Waals surface area contributed by atoms with E-state index in [1.165, 1.54) is 39.2 Å². The molecule has 6 nitrogen and oxygen atoms in total. The van der Waals surface area contributed by atoms with Crippen LogP contribution >= 0.6 is 11.8 Å². The highest BCUT2D eigenvalue weighted by molar-refractivity contribution is 7.99. The molecule has 4 rings (SSSR count). The summed E-state index contributed by atoms with van der Waals surface area (Å²) in [5.41, 5.74) is 2.00. The standard InChI is InChI=1S/C26H29NO5S/c1-17(25(28)27-21-13-7-9-15-23(21)30-2)31-26(29)24-20(16-33-18-10-4-3-5-11-18)19-12-6-8-14-22(19)32-24/h6-9,12-15,17-18H,3-5,10-11,16H2,1-2H3,(H,27,28). The van der Waals surface area contributed by atoms with Crippen LogP contribution in [0.3, 0.4) is 0 Å². The highest BCUT2D eigenvalue weighted by Crippen LogP contribution is 2.35. The van der Waals surface area contributed by atoms with Gasteiger partial charge in [0.1, 0.15) is 11.3 Å². The fraction of sp³-hybridized carbons (Fsp3) is 0.385. The Labute approximate surface area is 198 Å². The van der Waals surface area contributed by atoms with Crippen molar-refractivity contribution in [3.8, 4) is 5.75 Å². The van der Waals surface area contributed by atoms with Crippen molar-refractivity contribution < 1.29 is 23.5 Å². The third kappa shape index (κ3) is 5.53. The molecular weight excluding hydrogens is 438 g/mol. The van der Waals surface area contributed by atoms with E-state index in [0.717, 1.165) is 10.9 Å². The number of para-hydroxylation sites is 3. The van der Waals surface area contributed by atoms with Gasteiger partial charge in [-0.15, -0.1) is 0 Å². The highest BCUT2D eigenvalue weighted by atomic mass is 32.2. The summed E-state index contributed by atoms with van der Waals surface area (Å²) in [5, 5.41) is 4.27. The molecule has 33 heavy (non-hydrogen) atoms. The van der Waals surface area contributed by atoms with Gasteiger partial charge >= 0.3 is 5.97 Å². The van der Waals surface area contributed by atoms with Gasteiger partial charge in [-0.25, -0.2) is 4.79 Å². The van der Waals surface area contributed by atoms with Gasteiger partial charge in [-0.2, -0.15) is 11.8 Å². The van der Waals surface area contributed by atoms with Crippen molar-refractivity contribution in [1.82, 2.24) is 0 Å². The second-order valence-corrected chi connectivity index (χ2v) is 9.50. The molecule has 1 saturated carbocycles. The van der Waals surface area contributed by atoms with Crippen molar-refractivity contribution in [2.75, 3.05) is 12.4 Å². The maximum absolute atomic E-state index is 13.0. The number of furan rings is 1. The zero-order valence-corrected chi connectivity index (χ0v) is 19.8. The van der Waals surface area contributed by atoms with E-state index in [-0.39, 0.29) is 5.76 Å². The molecule has 7 heteroatoms. The maximum atomic E-state index is 13.0. The largest absolute Gasteiger partial charge is 0.495 e. The average molecular weight is 468 g/mol. The summed E-state index contributed by atoms with van der Waals surface area (Å²) in [6, 6.07) is 14.7. The molecule has 0 saturated heterocycles. The number of hydrogen-bond donors (Lipinski definition) is 1. The Balaban J connectivity index is 1.48. The zero-order valence-electron chi connectivity index (χ0n) is 19.0. The van der Waals surface area contributed by atoms with E-state index in [1.54, 1.807) is 25.1 Å². The third-order valence-corrected chi connectivity index (χ3v) is 7.32. The first-order valence-electron chi connectivity index (χ1n) is 11.3. The molecule has 2 aromatic carbocycles. The Bertz CT molecular complexity index is 1120. The van der Waals surface area contributed by atoms with Crippen molar-refractivity contribution in [3.05, 3.63) is 59.9 Å². The molecule has 1 N–H and O–H groups in total. The van der Waals surface area contributed by atoms with Gasteiger partial charge in [0.05, 0.1) is 12.8 Å². The lowest BCUT2D eigenvalue weighted by molar-refractivity contribution is -0.123. The fourth-order valence-electron chi connectivity index (χ4n) is 4.09. The summed E-state index contributed by atoms with van der Waals surface area (Å²) in [5.74, 6) is 0.309. The SMILES string of the molecule is COc1ccccc1NC(=O)C(C)OC(=O)c1oc2ccccc2c1CSC1CCCCC1. The van der Waals surface area contributed by atoms with Crippen molar-refractivity contribution in [1.29, 1.82) is 0 Å². The summed E-state index contributed by atoms with van der Waals surface area (Å²) in [6.07, 6.45) is 5.24. The molecule has 0 spiro atoms. The van der Waals surface area contributed by atoms with Gasteiger partial charge in [-0.3, -0.25) is 4.79 Å². The number of anilines is 1. The fourth-order valence-corrected chi connectivity index (χ4v) is 5.45. The molecule has 1 aliphatic rings. The first kappa shape index (κ1) is 23.2. The van der Waals surface area contributed by atoms with Crippen molar-refractivity contribution in [3.63, 3.8) is 0 Å². The van der Waals surface area contributed by atoms with Gasteiger partial charge in [0, 0.05) is 22.0 Å². The van der Waals surface area contributed by atoms with Crippen LogP contribution < -0.4 is 10.1 Å². The summed E-state index contributed by atoms with van der Waals surface area (Å²) < 4.78 is 16.7. The lowest BCUT2D eigenvalue weighted by atomic mass is 10.0. The van der Waals surface area contributed by atoms with Gasteiger partial charge in [0.2, 0.25) is 5.76 Å². The Morgan fingerprint density at radius 2 is 1.82 bits per heavy atom. The van der Waals surface area contributed by atoms with Gasteiger partial charge in [-0.05, 0) is 38.0 Å². The number of fused-ring (bicyclic) bond motifs is 1. The Kier molecular flexibility index (Phi) is 7.60. The van der Waals surface area contributed by atoms with Gasteiger partial charge < -0.3 is 19.2 Å². The van der Waals surface area contributed by atoms with Crippen LogP contribution in [0.1, 0.15) is 55.1 Å². The molecule has 1 atom stereocenters. The van der Waals surface area contributed by atoms with Crippen LogP contribution in [0.15, 0.2) is 52.9 Å². The summed E-state index contributed by atoms with van der Waals surface area (Å²) in [6.45, 7) is 1.54. The van der Waals surface area contributed by atoms with Gasteiger partial charge in [0.25, 0.3) is 5.91 Å². The Hall–Kier alpha value is -2.93. The molecule has 1 amide bonds. The van der Waals surface area contributed by atoms with Crippen LogP contribution in [0.4, 0.5) is 5.69 Å². The molecule has 1 unspecified atom stereocenters. The van der Waals surface area contributed by atoms with E-state index >= 15 is 0 Å². The number of thioether (sulfide) groups is 1. The van der Waals surface area contributed by atoms with E-state index < -0.39 is 18.0 Å². The van der Waals surface area contributed by atoms with E-state index in [0.29, 0.717) is 28.0 Å². The highest BCUT2D eigenvalue weighted by Gasteiger charge is 2.27. The van der Waals surface area contributed by atoms with Crippen LogP contribution in [0.25, 0.3) is 11.0 Å².